The zero-order valence-electron chi connectivity index (χ0n) is 7.71. The van der Waals surface area contributed by atoms with Gasteiger partial charge in [-0.25, -0.2) is 0 Å². The van der Waals surface area contributed by atoms with Crippen molar-refractivity contribution in [1.82, 2.24) is 0 Å². The standard InChI is InChI=1S/Na.10H2O.Sn.3H/h;10*1H2;;;;/q+1;;;;;;;;;;;;;;-1. The third-order valence-corrected chi connectivity index (χ3v) is 0. The van der Waals surface area contributed by atoms with Crippen LogP contribution in [-0.4, -0.2) is 78.7 Å². The molecular weight excluding hydrogens is 302 g/mol. The van der Waals surface area contributed by atoms with Gasteiger partial charge in [-0.3, -0.25) is 0 Å². The van der Waals surface area contributed by atoms with Gasteiger partial charge in [0.15, 0.2) is 0 Å². The van der Waals surface area contributed by atoms with Crippen LogP contribution < -0.4 is 29.6 Å². The van der Waals surface area contributed by atoms with Crippen LogP contribution in [0.3, 0.4) is 0 Å². The van der Waals surface area contributed by atoms with Gasteiger partial charge in [-0.2, -0.15) is 0 Å². The Labute approximate surface area is 109 Å². The molecule has 0 atom stereocenters. The average molecular weight is 325 g/mol. The molecule has 0 aliphatic rings. The van der Waals surface area contributed by atoms with Crippen LogP contribution in [0.1, 0.15) is 1.43 Å². The molecule has 88 valence electrons. The SMILES string of the molecule is O.O.O.O.O.O.O.O.O.O.[H-].[Na+].[SnH2]. The first-order valence-corrected chi connectivity index (χ1v) is 0. The van der Waals surface area contributed by atoms with Gasteiger partial charge in [0.2, 0.25) is 0 Å². The van der Waals surface area contributed by atoms with Gasteiger partial charge in [0.1, 0.15) is 0 Å². The fourth-order valence-corrected chi connectivity index (χ4v) is 0. The Morgan fingerprint density at radius 2 is 0.333 bits per heavy atom. The van der Waals surface area contributed by atoms with E-state index in [4.69, 9.17) is 0 Å². The van der Waals surface area contributed by atoms with Gasteiger partial charge < -0.3 is 56.2 Å². The molecule has 0 saturated carbocycles. The van der Waals surface area contributed by atoms with Crippen molar-refractivity contribution in [2.45, 2.75) is 0 Å². The molecule has 12 heavy (non-hydrogen) atoms. The van der Waals surface area contributed by atoms with Gasteiger partial charge in [-0.1, -0.05) is 0 Å². The maximum absolute atomic E-state index is 0. The summed E-state index contributed by atoms with van der Waals surface area (Å²) in [5.41, 5.74) is 0. The molecule has 0 aliphatic heterocycles. The van der Waals surface area contributed by atoms with Gasteiger partial charge in [0.25, 0.3) is 0 Å². The molecule has 12 heteroatoms. The Morgan fingerprint density at radius 1 is 0.333 bits per heavy atom. The van der Waals surface area contributed by atoms with E-state index in [9.17, 15) is 0 Å². The predicted octanol–water partition coefficient (Wildman–Crippen LogP) is -12.0. The van der Waals surface area contributed by atoms with Crippen molar-refractivity contribution in [2.24, 2.45) is 0 Å². The second-order valence-electron chi connectivity index (χ2n) is 0. The zero-order chi connectivity index (χ0) is 0. The molecule has 20 N–H and O–H groups in total. The van der Waals surface area contributed by atoms with Gasteiger partial charge in [0.05, 0.1) is 0 Å². The Hall–Kier alpha value is 1.40. The molecule has 10 nitrogen and oxygen atoms in total. The van der Waals surface area contributed by atoms with Crippen LogP contribution in [0.4, 0.5) is 0 Å². The molecular formula is H23NaO10Sn. The predicted molar refractivity (Wildman–Crippen MR) is 45.8 cm³/mol. The van der Waals surface area contributed by atoms with Crippen molar-refractivity contribution in [3.8, 4) is 0 Å². The average Bonchev–Trinajstić information content (AvgIpc) is 0. The Morgan fingerprint density at radius 3 is 0.333 bits per heavy atom. The second-order valence-corrected chi connectivity index (χ2v) is 0. The van der Waals surface area contributed by atoms with E-state index < -0.39 is 0 Å². The Balaban J connectivity index is 0. The van der Waals surface area contributed by atoms with Crippen molar-refractivity contribution >= 4 is 23.9 Å². The van der Waals surface area contributed by atoms with Gasteiger partial charge in [-0.15, -0.1) is 0 Å². The first kappa shape index (κ1) is 1050. The molecule has 0 aromatic rings. The summed E-state index contributed by atoms with van der Waals surface area (Å²) in [6.07, 6.45) is 0. The topological polar surface area (TPSA) is 315 Å². The van der Waals surface area contributed by atoms with Crippen molar-refractivity contribution in [3.63, 3.8) is 0 Å². The normalized spacial score (nSPS) is 0. The summed E-state index contributed by atoms with van der Waals surface area (Å²) in [6, 6.07) is 0. The Bertz CT molecular complexity index is 14.9. The van der Waals surface area contributed by atoms with Crippen molar-refractivity contribution in [2.75, 3.05) is 0 Å². The summed E-state index contributed by atoms with van der Waals surface area (Å²) in [7, 11) is 0. The molecule has 0 unspecified atom stereocenters. The van der Waals surface area contributed by atoms with E-state index in [-0.39, 0.29) is 110 Å². The molecule has 0 aliphatic carbocycles. The van der Waals surface area contributed by atoms with Gasteiger partial charge >= 0.3 is 53.5 Å². The van der Waals surface area contributed by atoms with Crippen LogP contribution in [-0.2, 0) is 0 Å². The second kappa shape index (κ2) is 823. The summed E-state index contributed by atoms with van der Waals surface area (Å²) in [5, 5.41) is 0. The third-order valence-electron chi connectivity index (χ3n) is 0. The van der Waals surface area contributed by atoms with Crippen LogP contribution in [0.2, 0.25) is 0 Å². The zero-order valence-corrected chi connectivity index (χ0v) is 12.7. The molecule has 0 bridgehead atoms. The van der Waals surface area contributed by atoms with Crippen molar-refractivity contribution in [1.29, 1.82) is 0 Å². The third kappa shape index (κ3) is 630. The molecule has 0 amide bonds. The quantitative estimate of drug-likeness (QED) is 0.374. The van der Waals surface area contributed by atoms with Crippen LogP contribution >= 0.6 is 0 Å². The number of rotatable bonds is 0. The fraction of sp³-hybridized carbons (Fsp3) is 0. The van der Waals surface area contributed by atoms with Crippen molar-refractivity contribution < 1.29 is 85.7 Å². The minimum atomic E-state index is 0. The van der Waals surface area contributed by atoms with Crippen LogP contribution in [0.15, 0.2) is 0 Å². The maximum atomic E-state index is 0. The monoisotopic (exact) mass is 326 g/mol. The van der Waals surface area contributed by atoms with Crippen LogP contribution in [0.25, 0.3) is 0 Å². The molecule has 0 rings (SSSR count). The van der Waals surface area contributed by atoms with Crippen molar-refractivity contribution in [3.05, 3.63) is 0 Å². The summed E-state index contributed by atoms with van der Waals surface area (Å²) in [5.74, 6) is 0. The molecule has 0 heterocycles. The van der Waals surface area contributed by atoms with Crippen LogP contribution in [0, 0.1) is 0 Å². The molecule has 0 aromatic heterocycles. The fourth-order valence-electron chi connectivity index (χ4n) is 0. The van der Waals surface area contributed by atoms with E-state index in [1.165, 1.54) is 0 Å². The number of hydrogen-bond acceptors (Lipinski definition) is 0. The molecule has 0 spiro atoms. The van der Waals surface area contributed by atoms with E-state index in [0.29, 0.717) is 0 Å². The van der Waals surface area contributed by atoms with Crippen LogP contribution in [0.5, 0.6) is 0 Å². The first-order valence-electron chi connectivity index (χ1n) is 0. The molecule has 0 fully saturated rings. The van der Waals surface area contributed by atoms with E-state index >= 15 is 0 Å². The van der Waals surface area contributed by atoms with Gasteiger partial charge in [0, 0.05) is 0 Å². The summed E-state index contributed by atoms with van der Waals surface area (Å²) in [4.78, 5) is 0. The Kier molecular flexibility index (Phi) is 72200. The van der Waals surface area contributed by atoms with Gasteiger partial charge in [-0.05, 0) is 0 Å². The molecule has 2 radical (unpaired) electrons. The molecule has 0 aromatic carbocycles. The number of hydrogen-bond donors (Lipinski definition) is 0. The summed E-state index contributed by atoms with van der Waals surface area (Å²) in [6.45, 7) is 0. The summed E-state index contributed by atoms with van der Waals surface area (Å²) >= 11 is 0. The van der Waals surface area contributed by atoms with E-state index in [1.54, 1.807) is 0 Å². The van der Waals surface area contributed by atoms with E-state index in [1.807, 2.05) is 0 Å². The first-order chi connectivity index (χ1) is 0. The van der Waals surface area contributed by atoms with E-state index in [2.05, 4.69) is 0 Å². The summed E-state index contributed by atoms with van der Waals surface area (Å²) < 4.78 is 0. The minimum absolute atomic E-state index is 0. The molecule has 0 saturated heterocycles. The van der Waals surface area contributed by atoms with E-state index in [0.717, 1.165) is 0 Å².